The predicted octanol–water partition coefficient (Wildman–Crippen LogP) is 15.1. The number of allylic oxidation sites excluding steroid dienone is 5. The highest BCUT2D eigenvalue weighted by Gasteiger charge is 2.44. The van der Waals surface area contributed by atoms with Gasteiger partial charge in [-0.05, 0) is 64.2 Å². The van der Waals surface area contributed by atoms with Gasteiger partial charge in [-0.15, -0.1) is 0 Å². The largest absolute Gasteiger partial charge is 0.466 e. The van der Waals surface area contributed by atoms with Crippen molar-refractivity contribution in [2.24, 2.45) is 0 Å². The second kappa shape index (κ2) is 53.9. The monoisotopic (exact) mass is 1060 g/mol. The third kappa shape index (κ3) is 43.4. The fourth-order valence-corrected chi connectivity index (χ4v) is 9.94. The Balaban J connectivity index is 1.97. The summed E-state index contributed by atoms with van der Waals surface area (Å²) in [6.45, 7) is 4.29. The van der Waals surface area contributed by atoms with Crippen LogP contribution in [0.5, 0.6) is 0 Å². The van der Waals surface area contributed by atoms with Crippen LogP contribution in [0, 0.1) is 0 Å². The third-order valence-corrected chi connectivity index (χ3v) is 15.0. The van der Waals surface area contributed by atoms with Crippen LogP contribution in [-0.4, -0.2) is 100 Å². The molecule has 7 unspecified atom stereocenters. The molecule has 440 valence electrons. The number of nitrogens with one attached hydrogen (secondary N) is 1. The summed E-state index contributed by atoms with van der Waals surface area (Å²) < 4.78 is 16.7. The minimum absolute atomic E-state index is 0.00900. The number of ether oxygens (including phenoxy) is 3. The zero-order valence-corrected chi connectivity index (χ0v) is 48.5. The standard InChI is InChI=1S/C64H119NO10/c1-3-5-7-9-11-13-14-15-16-22-26-29-32-36-40-44-48-52-60(69)73-53-49-45-41-37-33-30-27-24-21-19-17-18-20-23-25-28-31-35-39-43-47-51-59(68)65-56(57(67)50-46-42-38-34-12-10-8-6-4-2)55-74-64-63(72)62(71)61(70)58(54-66)75-64/h11,13,15-16,46,50,56-58,61-64,66-67,70-72H,3-10,12,14,17-45,47-49,51-55H2,1-2H3,(H,65,68)/b13-11-,16-15-,50-46+. The number of hydrogen-bond acceptors (Lipinski definition) is 10. The molecular formula is C64H119NO10. The molecule has 0 aromatic carbocycles. The highest BCUT2D eigenvalue weighted by molar-refractivity contribution is 5.76. The molecule has 1 amide bonds. The van der Waals surface area contributed by atoms with Crippen molar-refractivity contribution >= 4 is 11.9 Å². The zero-order valence-electron chi connectivity index (χ0n) is 48.5. The third-order valence-electron chi connectivity index (χ3n) is 15.0. The molecule has 0 saturated carbocycles. The molecule has 1 fully saturated rings. The van der Waals surface area contributed by atoms with Crippen LogP contribution in [-0.2, 0) is 23.8 Å². The maximum absolute atomic E-state index is 13.0. The lowest BCUT2D eigenvalue weighted by molar-refractivity contribution is -0.302. The summed E-state index contributed by atoms with van der Waals surface area (Å²) in [5.41, 5.74) is 0. The number of hydrogen-bond donors (Lipinski definition) is 6. The highest BCUT2D eigenvalue weighted by Crippen LogP contribution is 2.23. The van der Waals surface area contributed by atoms with Crippen molar-refractivity contribution in [2.45, 2.75) is 339 Å². The number of rotatable bonds is 55. The summed E-state index contributed by atoms with van der Waals surface area (Å²) in [5, 5.41) is 54.2. The Hall–Kier alpha value is -2.12. The van der Waals surface area contributed by atoms with Crippen molar-refractivity contribution in [3.8, 4) is 0 Å². The average Bonchev–Trinajstić information content (AvgIpc) is 3.41. The van der Waals surface area contributed by atoms with Gasteiger partial charge < -0.3 is 45.1 Å². The first-order valence-electron chi connectivity index (χ1n) is 31.8. The minimum atomic E-state index is -1.57. The number of unbranched alkanes of at least 4 members (excludes halogenated alkanes) is 37. The van der Waals surface area contributed by atoms with E-state index in [2.05, 4.69) is 43.5 Å². The lowest BCUT2D eigenvalue weighted by atomic mass is 9.99. The summed E-state index contributed by atoms with van der Waals surface area (Å²) in [6, 6.07) is -0.809. The quantitative estimate of drug-likeness (QED) is 0.0195. The molecule has 11 nitrogen and oxygen atoms in total. The topological polar surface area (TPSA) is 175 Å². The Morgan fingerprint density at radius 2 is 0.893 bits per heavy atom. The summed E-state index contributed by atoms with van der Waals surface area (Å²) in [4.78, 5) is 25.1. The van der Waals surface area contributed by atoms with E-state index in [1.165, 1.54) is 199 Å². The van der Waals surface area contributed by atoms with E-state index in [0.717, 1.165) is 70.6 Å². The van der Waals surface area contributed by atoms with Gasteiger partial charge in [-0.1, -0.05) is 256 Å². The molecule has 1 aliphatic rings. The Bertz CT molecular complexity index is 1340. The van der Waals surface area contributed by atoms with Gasteiger partial charge in [0, 0.05) is 12.8 Å². The minimum Gasteiger partial charge on any atom is -0.466 e. The summed E-state index contributed by atoms with van der Waals surface area (Å²) in [6.07, 6.45) is 56.9. The number of esters is 1. The van der Waals surface area contributed by atoms with E-state index in [0.29, 0.717) is 19.4 Å². The van der Waals surface area contributed by atoms with Crippen LogP contribution in [0.3, 0.4) is 0 Å². The molecule has 75 heavy (non-hydrogen) atoms. The summed E-state index contributed by atoms with van der Waals surface area (Å²) in [5.74, 6) is -0.194. The number of aliphatic hydroxyl groups excluding tert-OH is 5. The van der Waals surface area contributed by atoms with E-state index in [-0.39, 0.29) is 18.5 Å². The maximum Gasteiger partial charge on any atom is 0.305 e. The Labute approximate surface area is 460 Å². The van der Waals surface area contributed by atoms with Gasteiger partial charge in [-0.25, -0.2) is 0 Å². The Morgan fingerprint density at radius 1 is 0.493 bits per heavy atom. The van der Waals surface area contributed by atoms with E-state index in [1.807, 2.05) is 6.08 Å². The summed E-state index contributed by atoms with van der Waals surface area (Å²) >= 11 is 0. The fraction of sp³-hybridized carbons (Fsp3) is 0.875. The molecule has 0 spiro atoms. The molecule has 1 aliphatic heterocycles. The summed E-state index contributed by atoms with van der Waals surface area (Å²) in [7, 11) is 0. The first-order valence-corrected chi connectivity index (χ1v) is 31.8. The molecule has 7 atom stereocenters. The van der Waals surface area contributed by atoms with Crippen LogP contribution < -0.4 is 5.32 Å². The molecule has 11 heteroatoms. The van der Waals surface area contributed by atoms with Gasteiger partial charge in [0.2, 0.25) is 5.91 Å². The lowest BCUT2D eigenvalue weighted by Gasteiger charge is -2.40. The Kier molecular flexibility index (Phi) is 50.9. The van der Waals surface area contributed by atoms with Gasteiger partial charge in [-0.2, -0.15) is 0 Å². The van der Waals surface area contributed by atoms with Gasteiger partial charge in [0.05, 0.1) is 32.0 Å². The molecule has 0 aliphatic carbocycles. The van der Waals surface area contributed by atoms with Crippen molar-refractivity contribution < 1.29 is 49.3 Å². The Morgan fingerprint density at radius 3 is 1.37 bits per heavy atom. The molecule has 0 aromatic heterocycles. The maximum atomic E-state index is 13.0. The zero-order chi connectivity index (χ0) is 54.5. The molecule has 1 heterocycles. The number of carbonyl (C=O) groups excluding carboxylic acids is 2. The van der Waals surface area contributed by atoms with Crippen molar-refractivity contribution in [3.63, 3.8) is 0 Å². The molecule has 0 bridgehead atoms. The van der Waals surface area contributed by atoms with Gasteiger partial charge in [0.15, 0.2) is 6.29 Å². The second-order valence-electron chi connectivity index (χ2n) is 22.1. The van der Waals surface area contributed by atoms with Gasteiger partial charge in [0.1, 0.15) is 24.4 Å². The van der Waals surface area contributed by atoms with Gasteiger partial charge in [-0.3, -0.25) is 9.59 Å². The lowest BCUT2D eigenvalue weighted by Crippen LogP contribution is -2.60. The van der Waals surface area contributed by atoms with E-state index in [9.17, 15) is 35.1 Å². The van der Waals surface area contributed by atoms with Crippen LogP contribution in [0.1, 0.15) is 296 Å². The number of carbonyl (C=O) groups is 2. The van der Waals surface area contributed by atoms with Gasteiger partial charge in [0.25, 0.3) is 0 Å². The molecule has 1 saturated heterocycles. The smallest absolute Gasteiger partial charge is 0.305 e. The normalized spacial score (nSPS) is 18.9. The van der Waals surface area contributed by atoms with Crippen LogP contribution in [0.4, 0.5) is 0 Å². The van der Waals surface area contributed by atoms with E-state index < -0.39 is 49.5 Å². The first kappa shape index (κ1) is 70.9. The molecule has 6 N–H and O–H groups in total. The fourth-order valence-electron chi connectivity index (χ4n) is 9.94. The van der Waals surface area contributed by atoms with Crippen LogP contribution in [0.15, 0.2) is 36.5 Å². The van der Waals surface area contributed by atoms with E-state index in [4.69, 9.17) is 14.2 Å². The van der Waals surface area contributed by atoms with Gasteiger partial charge >= 0.3 is 5.97 Å². The van der Waals surface area contributed by atoms with Crippen LogP contribution in [0.2, 0.25) is 0 Å². The molecule has 0 aromatic rings. The van der Waals surface area contributed by atoms with Crippen molar-refractivity contribution in [3.05, 3.63) is 36.5 Å². The average molecular weight is 1060 g/mol. The van der Waals surface area contributed by atoms with Crippen molar-refractivity contribution in [1.29, 1.82) is 0 Å². The molecule has 0 radical (unpaired) electrons. The van der Waals surface area contributed by atoms with Crippen molar-refractivity contribution in [2.75, 3.05) is 19.8 Å². The van der Waals surface area contributed by atoms with Crippen LogP contribution >= 0.6 is 0 Å². The van der Waals surface area contributed by atoms with E-state index >= 15 is 0 Å². The molecular weight excluding hydrogens is 943 g/mol. The highest BCUT2D eigenvalue weighted by atomic mass is 16.7. The molecule has 1 rings (SSSR count). The second-order valence-corrected chi connectivity index (χ2v) is 22.1. The number of amides is 1. The van der Waals surface area contributed by atoms with E-state index in [1.54, 1.807) is 6.08 Å². The number of aliphatic hydroxyl groups is 5. The first-order chi connectivity index (χ1) is 36.7. The predicted molar refractivity (Wildman–Crippen MR) is 311 cm³/mol. The SMILES string of the molecule is CCCCC/C=C\C/C=C\CCCCCCCCCC(=O)OCCCCCCCCCCCCCCCCCCCCCCCC(=O)NC(COC1OC(CO)C(O)C(O)C1O)C(O)/C=C/CCCCCCCCC. The van der Waals surface area contributed by atoms with Crippen molar-refractivity contribution in [1.82, 2.24) is 5.32 Å². The van der Waals surface area contributed by atoms with Crippen LogP contribution in [0.25, 0.3) is 0 Å².